The van der Waals surface area contributed by atoms with Crippen LogP contribution in [0.3, 0.4) is 0 Å². The minimum absolute atomic E-state index is 0.0672. The van der Waals surface area contributed by atoms with Gasteiger partial charge in [0.05, 0.1) is 11.9 Å². The molecule has 1 fully saturated rings. The quantitative estimate of drug-likeness (QED) is 0.785. The average molecular weight is 354 g/mol. The van der Waals surface area contributed by atoms with Crippen LogP contribution < -0.4 is 0 Å². The zero-order valence-corrected chi connectivity index (χ0v) is 12.8. The molecule has 1 heterocycles. The van der Waals surface area contributed by atoms with E-state index in [2.05, 4.69) is 15.9 Å². The van der Waals surface area contributed by atoms with Crippen LogP contribution in [0.15, 0.2) is 28.7 Å². The third kappa shape index (κ3) is 3.70. The Labute approximate surface area is 120 Å². The summed E-state index contributed by atoms with van der Waals surface area (Å²) in [5.74, 6) is -0.0672. The van der Waals surface area contributed by atoms with Gasteiger partial charge in [0.25, 0.3) is 0 Å². The van der Waals surface area contributed by atoms with Crippen molar-refractivity contribution in [1.29, 1.82) is 0 Å². The molecule has 1 saturated heterocycles. The van der Waals surface area contributed by atoms with E-state index in [9.17, 15) is 8.42 Å². The third-order valence-corrected chi connectivity index (χ3v) is 5.74. The van der Waals surface area contributed by atoms with E-state index >= 15 is 0 Å². The van der Waals surface area contributed by atoms with Crippen molar-refractivity contribution in [2.75, 3.05) is 13.2 Å². The van der Waals surface area contributed by atoms with Crippen LogP contribution >= 0.6 is 26.6 Å². The van der Waals surface area contributed by atoms with Gasteiger partial charge in [-0.3, -0.25) is 0 Å². The lowest BCUT2D eigenvalue weighted by Gasteiger charge is -2.29. The Morgan fingerprint density at radius 1 is 1.33 bits per heavy atom. The number of ether oxygens (including phenoxy) is 1. The zero-order chi connectivity index (χ0) is 13.2. The second kappa shape index (κ2) is 5.90. The number of halogens is 2. The predicted octanol–water partition coefficient (Wildman–Crippen LogP) is 2.97. The van der Waals surface area contributed by atoms with Crippen LogP contribution in [0.1, 0.15) is 12.0 Å². The maximum atomic E-state index is 11.5. The normalized spacial score (nSPS) is 25.0. The van der Waals surface area contributed by atoms with Gasteiger partial charge in [-0.2, -0.15) is 0 Å². The van der Waals surface area contributed by atoms with E-state index in [1.807, 2.05) is 24.3 Å². The number of hydrogen-bond acceptors (Lipinski definition) is 3. The number of benzene rings is 1. The molecular formula is C12H14BrClO3S. The van der Waals surface area contributed by atoms with Gasteiger partial charge in [-0.05, 0) is 30.5 Å². The van der Waals surface area contributed by atoms with Gasteiger partial charge in [-0.15, -0.1) is 0 Å². The zero-order valence-electron chi connectivity index (χ0n) is 9.68. The van der Waals surface area contributed by atoms with Gasteiger partial charge in [-0.25, -0.2) is 8.42 Å². The topological polar surface area (TPSA) is 43.4 Å². The van der Waals surface area contributed by atoms with E-state index in [-0.39, 0.29) is 5.92 Å². The van der Waals surface area contributed by atoms with E-state index in [0.29, 0.717) is 26.1 Å². The summed E-state index contributed by atoms with van der Waals surface area (Å²) in [5.41, 5.74) is 1.10. The summed E-state index contributed by atoms with van der Waals surface area (Å²) in [4.78, 5) is 0. The Bertz CT molecular complexity index is 501. The molecule has 3 nitrogen and oxygen atoms in total. The predicted molar refractivity (Wildman–Crippen MR) is 75.3 cm³/mol. The molecule has 6 heteroatoms. The minimum atomic E-state index is -3.52. The van der Waals surface area contributed by atoms with Crippen LogP contribution in [0.25, 0.3) is 0 Å². The van der Waals surface area contributed by atoms with Crippen LogP contribution in [-0.4, -0.2) is 26.9 Å². The lowest BCUT2D eigenvalue weighted by Crippen LogP contribution is -2.37. The fraction of sp³-hybridized carbons (Fsp3) is 0.500. The van der Waals surface area contributed by atoms with Crippen LogP contribution in [-0.2, 0) is 20.2 Å². The summed E-state index contributed by atoms with van der Waals surface area (Å²) in [6, 6.07) is 7.86. The molecule has 1 aromatic carbocycles. The third-order valence-electron chi connectivity index (χ3n) is 3.18. The molecule has 1 aromatic rings. The Balaban J connectivity index is 2.13. The van der Waals surface area contributed by atoms with E-state index in [4.69, 9.17) is 15.4 Å². The molecule has 0 aromatic heterocycles. The monoisotopic (exact) mass is 352 g/mol. The Kier molecular flexibility index (Phi) is 4.69. The molecule has 0 bridgehead atoms. The summed E-state index contributed by atoms with van der Waals surface area (Å²) in [5, 5.41) is -0.503. The largest absolute Gasteiger partial charge is 0.381 e. The first-order valence-corrected chi connectivity index (χ1v) is 8.89. The molecule has 0 unspecified atom stereocenters. The first-order valence-electron chi connectivity index (χ1n) is 5.72. The minimum Gasteiger partial charge on any atom is -0.381 e. The molecule has 100 valence electrons. The van der Waals surface area contributed by atoms with Crippen molar-refractivity contribution in [1.82, 2.24) is 0 Å². The highest BCUT2D eigenvalue weighted by molar-refractivity contribution is 9.10. The van der Waals surface area contributed by atoms with E-state index < -0.39 is 14.3 Å². The number of rotatable bonds is 3. The molecule has 1 aliphatic heterocycles. The van der Waals surface area contributed by atoms with Gasteiger partial charge >= 0.3 is 0 Å². The molecule has 0 amide bonds. The van der Waals surface area contributed by atoms with Gasteiger partial charge < -0.3 is 4.74 Å². The maximum absolute atomic E-state index is 11.5. The fourth-order valence-corrected chi connectivity index (χ4v) is 4.24. The SMILES string of the molecule is O=S(=O)(Cl)[C@H]1CCOC[C@@H]1Cc1ccc(Br)cc1. The lowest BCUT2D eigenvalue weighted by atomic mass is 9.94. The second-order valence-corrected chi connectivity index (χ2v) is 8.23. The molecule has 0 N–H and O–H groups in total. The van der Waals surface area contributed by atoms with Gasteiger partial charge in [-0.1, -0.05) is 28.1 Å². The standard InChI is InChI=1S/C12H14BrClO3S/c13-11-3-1-9(2-4-11)7-10-8-17-6-5-12(10)18(14,15)16/h1-4,10,12H,5-8H2/t10-,12-/m0/s1. The molecule has 18 heavy (non-hydrogen) atoms. The van der Waals surface area contributed by atoms with Crippen LogP contribution in [0.4, 0.5) is 0 Å². The first kappa shape index (κ1) is 14.3. The van der Waals surface area contributed by atoms with Crippen LogP contribution in [0.5, 0.6) is 0 Å². The summed E-state index contributed by atoms with van der Waals surface area (Å²) in [6.45, 7) is 0.917. The molecule has 2 rings (SSSR count). The van der Waals surface area contributed by atoms with E-state index in [0.717, 1.165) is 10.0 Å². The van der Waals surface area contributed by atoms with Gasteiger partial charge in [0.15, 0.2) is 0 Å². The average Bonchev–Trinajstić information content (AvgIpc) is 2.31. The Hall–Kier alpha value is -0.100. The van der Waals surface area contributed by atoms with E-state index in [1.165, 1.54) is 0 Å². The summed E-state index contributed by atoms with van der Waals surface area (Å²) < 4.78 is 29.5. The van der Waals surface area contributed by atoms with Crippen molar-refractivity contribution in [3.05, 3.63) is 34.3 Å². The fourth-order valence-electron chi connectivity index (χ4n) is 2.26. The lowest BCUT2D eigenvalue weighted by molar-refractivity contribution is 0.0577. The molecular weight excluding hydrogens is 340 g/mol. The molecule has 0 spiro atoms. The first-order chi connectivity index (χ1) is 8.47. The highest BCUT2D eigenvalue weighted by atomic mass is 79.9. The van der Waals surface area contributed by atoms with Crippen LogP contribution in [0, 0.1) is 5.92 Å². The van der Waals surface area contributed by atoms with Crippen molar-refractivity contribution in [2.45, 2.75) is 18.1 Å². The maximum Gasteiger partial charge on any atom is 0.235 e. The van der Waals surface area contributed by atoms with Gasteiger partial charge in [0.2, 0.25) is 9.05 Å². The summed E-state index contributed by atoms with van der Waals surface area (Å²) in [6.07, 6.45) is 1.15. The van der Waals surface area contributed by atoms with Crippen molar-refractivity contribution in [3.8, 4) is 0 Å². The number of hydrogen-bond donors (Lipinski definition) is 0. The molecule has 0 aliphatic carbocycles. The Morgan fingerprint density at radius 2 is 2.00 bits per heavy atom. The summed E-state index contributed by atoms with van der Waals surface area (Å²) in [7, 11) is 1.99. The highest BCUT2D eigenvalue weighted by Gasteiger charge is 2.34. The van der Waals surface area contributed by atoms with Crippen LogP contribution in [0.2, 0.25) is 0 Å². The Morgan fingerprint density at radius 3 is 2.61 bits per heavy atom. The highest BCUT2D eigenvalue weighted by Crippen LogP contribution is 2.28. The van der Waals surface area contributed by atoms with E-state index in [1.54, 1.807) is 0 Å². The smallest absolute Gasteiger partial charge is 0.235 e. The second-order valence-electron chi connectivity index (χ2n) is 4.47. The molecule has 2 atom stereocenters. The van der Waals surface area contributed by atoms with Gasteiger partial charge in [0, 0.05) is 27.7 Å². The summed E-state index contributed by atoms with van der Waals surface area (Å²) >= 11 is 3.37. The molecule has 0 radical (unpaired) electrons. The van der Waals surface area contributed by atoms with Crippen molar-refractivity contribution < 1.29 is 13.2 Å². The van der Waals surface area contributed by atoms with Crippen molar-refractivity contribution in [3.63, 3.8) is 0 Å². The molecule has 0 saturated carbocycles. The van der Waals surface area contributed by atoms with Gasteiger partial charge in [0.1, 0.15) is 0 Å². The van der Waals surface area contributed by atoms with Crippen molar-refractivity contribution >= 4 is 35.7 Å². The molecule has 1 aliphatic rings. The van der Waals surface area contributed by atoms with Crippen molar-refractivity contribution in [2.24, 2.45) is 5.92 Å².